The highest BCUT2D eigenvalue weighted by molar-refractivity contribution is 9.09. The molecule has 15 heteroatoms. The van der Waals surface area contributed by atoms with Crippen molar-refractivity contribution in [2.75, 3.05) is 34.9 Å². The number of benzene rings is 2. The van der Waals surface area contributed by atoms with Crippen molar-refractivity contribution in [3.63, 3.8) is 0 Å². The molecular formula is C30H29BrN8O6. The highest BCUT2D eigenvalue weighted by atomic mass is 79.9. The number of alkyl halides is 1. The van der Waals surface area contributed by atoms with E-state index in [1.807, 2.05) is 26.0 Å². The highest BCUT2D eigenvalue weighted by Crippen LogP contribution is 2.45. The quantitative estimate of drug-likeness (QED) is 0.0980. The molecule has 0 bridgehead atoms. The van der Waals surface area contributed by atoms with E-state index in [9.17, 15) is 15.3 Å². The Bertz CT molecular complexity index is 1890. The zero-order valence-electron chi connectivity index (χ0n) is 24.2. The van der Waals surface area contributed by atoms with Gasteiger partial charge in [-0.05, 0) is 19.1 Å². The van der Waals surface area contributed by atoms with E-state index in [-0.39, 0.29) is 63.1 Å². The fraction of sp³-hybridized carbons (Fsp3) is 0.200. The number of phenols is 3. The van der Waals surface area contributed by atoms with Crippen molar-refractivity contribution < 1.29 is 29.5 Å². The molecule has 0 fully saturated rings. The van der Waals surface area contributed by atoms with E-state index in [0.717, 1.165) is 10.9 Å². The van der Waals surface area contributed by atoms with E-state index in [2.05, 4.69) is 25.9 Å². The van der Waals surface area contributed by atoms with Crippen molar-refractivity contribution in [2.45, 2.75) is 26.7 Å². The summed E-state index contributed by atoms with van der Waals surface area (Å²) in [5, 5.41) is 48.1. The number of nitriles is 2. The van der Waals surface area contributed by atoms with E-state index in [4.69, 9.17) is 47.7 Å². The minimum absolute atomic E-state index is 0.00444. The Morgan fingerprint density at radius 2 is 1.20 bits per heavy atom. The Morgan fingerprint density at radius 3 is 1.64 bits per heavy atom. The number of nitrogen functional groups attached to an aromatic ring is 4. The fourth-order valence-electron chi connectivity index (χ4n) is 4.54. The van der Waals surface area contributed by atoms with Crippen molar-refractivity contribution in [3.8, 4) is 58.4 Å². The predicted octanol–water partition coefficient (Wildman–Crippen LogP) is 4.55. The molecule has 2 aromatic carbocycles. The summed E-state index contributed by atoms with van der Waals surface area (Å²) in [5.74, 6) is 1.20. The number of rotatable bonds is 2. The molecule has 232 valence electrons. The molecule has 45 heavy (non-hydrogen) atoms. The van der Waals surface area contributed by atoms with Gasteiger partial charge in [0, 0.05) is 52.6 Å². The minimum Gasteiger partial charge on any atom is -0.504 e. The van der Waals surface area contributed by atoms with Crippen molar-refractivity contribution in [3.05, 3.63) is 57.6 Å². The van der Waals surface area contributed by atoms with Crippen LogP contribution in [0.5, 0.6) is 46.3 Å². The average molecular weight is 678 g/mol. The Balaban J connectivity index is 0.000000189. The molecule has 11 N–H and O–H groups in total. The molecule has 0 radical (unpaired) electrons. The third kappa shape index (κ3) is 6.29. The van der Waals surface area contributed by atoms with Gasteiger partial charge in [0.05, 0.1) is 18.0 Å². The second-order valence-corrected chi connectivity index (χ2v) is 10.6. The van der Waals surface area contributed by atoms with E-state index >= 15 is 0 Å². The smallest absolute Gasteiger partial charge is 0.226 e. The number of phenolic OH excluding ortho intramolecular Hbond substituents is 3. The third-order valence-electron chi connectivity index (χ3n) is 6.63. The molecule has 0 saturated carbocycles. The largest absolute Gasteiger partial charge is 0.504 e. The highest BCUT2D eigenvalue weighted by Gasteiger charge is 2.27. The molecule has 0 saturated heterocycles. The number of ether oxygens (including phenoxy) is 3. The van der Waals surface area contributed by atoms with Crippen LogP contribution < -0.4 is 37.1 Å². The molecule has 2 aliphatic rings. The van der Waals surface area contributed by atoms with Gasteiger partial charge in [0.2, 0.25) is 11.8 Å². The fourth-order valence-corrected chi connectivity index (χ4v) is 4.54. The van der Waals surface area contributed by atoms with Crippen LogP contribution in [0.3, 0.4) is 0 Å². The van der Waals surface area contributed by atoms with E-state index < -0.39 is 0 Å². The van der Waals surface area contributed by atoms with Gasteiger partial charge in [-0.3, -0.25) is 0 Å². The first-order valence-electron chi connectivity index (χ1n) is 13.4. The molecule has 0 aliphatic carbocycles. The summed E-state index contributed by atoms with van der Waals surface area (Å²) in [6.07, 6.45) is 0.713. The molecule has 0 atom stereocenters. The van der Waals surface area contributed by atoms with Crippen LogP contribution in [0.15, 0.2) is 24.3 Å². The lowest BCUT2D eigenvalue weighted by Crippen LogP contribution is -2.12. The first-order chi connectivity index (χ1) is 21.5. The van der Waals surface area contributed by atoms with Gasteiger partial charge in [-0.2, -0.15) is 20.5 Å². The lowest BCUT2D eigenvalue weighted by molar-refractivity contribution is 0.315. The summed E-state index contributed by atoms with van der Waals surface area (Å²) in [7, 11) is 0. The molecule has 0 spiro atoms. The topological polar surface area (TPSA) is 266 Å². The Labute approximate surface area is 266 Å². The van der Waals surface area contributed by atoms with Gasteiger partial charge < -0.3 is 52.5 Å². The maximum Gasteiger partial charge on any atom is 0.226 e. The molecule has 14 nitrogen and oxygen atoms in total. The van der Waals surface area contributed by atoms with Crippen LogP contribution in [0.25, 0.3) is 0 Å². The van der Waals surface area contributed by atoms with Gasteiger partial charge in [0.25, 0.3) is 0 Å². The number of aromatic hydroxyl groups is 3. The van der Waals surface area contributed by atoms with Crippen molar-refractivity contribution in [1.82, 2.24) is 9.97 Å². The molecule has 6 rings (SSSR count). The molecule has 4 aromatic rings. The molecular weight excluding hydrogens is 648 g/mol. The summed E-state index contributed by atoms with van der Waals surface area (Å²) >= 11 is 3.15. The molecule has 2 aromatic heterocycles. The van der Waals surface area contributed by atoms with Crippen LogP contribution in [0.4, 0.5) is 23.0 Å². The third-order valence-corrected chi connectivity index (χ3v) is 6.63. The summed E-state index contributed by atoms with van der Waals surface area (Å²) in [4.78, 5) is 8.10. The Kier molecular flexibility index (Phi) is 9.45. The number of pyridine rings is 2. The van der Waals surface area contributed by atoms with Crippen molar-refractivity contribution in [2.24, 2.45) is 0 Å². The zero-order chi connectivity index (χ0) is 33.0. The number of anilines is 4. The summed E-state index contributed by atoms with van der Waals surface area (Å²) in [6, 6.07) is 9.68. The number of fused-ring (bicyclic) bond motifs is 4. The SMILES string of the molecule is CCBr.CCOc1cc2c(cc1O)Cc1c(nc(N)c(C#N)c1N)O2.N#Cc1c(N)nc2c(c1N)Cc1cc(O)c(O)cc1O2. The molecule has 0 unspecified atom stereocenters. The number of halogens is 1. The van der Waals surface area contributed by atoms with Crippen LogP contribution >= 0.6 is 15.9 Å². The number of nitrogens with zero attached hydrogens (tertiary/aromatic N) is 4. The average Bonchev–Trinajstić information content (AvgIpc) is 2.98. The first-order valence-corrected chi connectivity index (χ1v) is 14.5. The van der Waals surface area contributed by atoms with Gasteiger partial charge in [-0.15, -0.1) is 0 Å². The standard InChI is InChI=1S/C15H14N4O3.C13H10N4O3.C2H5Br/c1-2-21-12-5-11-7(4-10(12)20)3-8-13(17)9(6-16)14(18)19-15(8)22-11;14-4-7-11(15)6-1-5-2-8(18)9(19)3-10(5)20-13(6)17-12(7)16;1-2-3/h4-5,20H,2-3H2,1H3,(H4,17,18,19);2-3,18-19H,1H2,(H4,15,16,17);2H2,1H3. The van der Waals surface area contributed by atoms with Gasteiger partial charge in [-0.1, -0.05) is 22.9 Å². The van der Waals surface area contributed by atoms with Crippen molar-refractivity contribution in [1.29, 1.82) is 10.5 Å². The minimum atomic E-state index is -0.290. The zero-order valence-corrected chi connectivity index (χ0v) is 25.8. The van der Waals surface area contributed by atoms with Crippen LogP contribution in [-0.4, -0.2) is 37.2 Å². The van der Waals surface area contributed by atoms with Crippen LogP contribution in [0, 0.1) is 22.7 Å². The second kappa shape index (κ2) is 13.2. The number of hydrogen-bond donors (Lipinski definition) is 7. The monoisotopic (exact) mass is 676 g/mol. The first kappa shape index (κ1) is 32.1. The molecule has 0 amide bonds. The number of aromatic nitrogens is 2. The van der Waals surface area contributed by atoms with E-state index in [1.165, 1.54) is 12.1 Å². The lowest BCUT2D eigenvalue weighted by atomic mass is 9.98. The van der Waals surface area contributed by atoms with E-state index in [0.29, 0.717) is 53.4 Å². The molecule has 4 heterocycles. The van der Waals surface area contributed by atoms with Crippen LogP contribution in [0.1, 0.15) is 47.2 Å². The maximum absolute atomic E-state index is 9.96. The Hall–Kier alpha value is -5.80. The van der Waals surface area contributed by atoms with Gasteiger partial charge in [-0.25, -0.2) is 0 Å². The van der Waals surface area contributed by atoms with E-state index in [1.54, 1.807) is 12.1 Å². The molecule has 2 aliphatic heterocycles. The summed E-state index contributed by atoms with van der Waals surface area (Å²) in [6.45, 7) is 4.29. The van der Waals surface area contributed by atoms with Crippen LogP contribution in [0.2, 0.25) is 0 Å². The van der Waals surface area contributed by atoms with Crippen molar-refractivity contribution >= 4 is 38.9 Å². The summed E-state index contributed by atoms with van der Waals surface area (Å²) < 4.78 is 16.6. The maximum atomic E-state index is 9.96. The van der Waals surface area contributed by atoms with Gasteiger partial charge >= 0.3 is 0 Å². The Morgan fingerprint density at radius 1 is 0.778 bits per heavy atom. The van der Waals surface area contributed by atoms with Crippen LogP contribution in [-0.2, 0) is 12.8 Å². The normalized spacial score (nSPS) is 11.5. The van der Waals surface area contributed by atoms with Gasteiger partial charge in [0.1, 0.15) is 46.4 Å². The van der Waals surface area contributed by atoms with Gasteiger partial charge in [0.15, 0.2) is 23.0 Å². The predicted molar refractivity (Wildman–Crippen MR) is 170 cm³/mol. The number of hydrogen-bond acceptors (Lipinski definition) is 14. The second-order valence-electron chi connectivity index (χ2n) is 9.50. The summed E-state index contributed by atoms with van der Waals surface area (Å²) in [5.41, 5.74) is 26.5. The number of nitrogens with two attached hydrogens (primary N) is 4. The lowest BCUT2D eigenvalue weighted by Gasteiger charge is -2.22.